The number of methoxy groups -OCH3 is 3. The zero-order valence-electron chi connectivity index (χ0n) is 20.3. The summed E-state index contributed by atoms with van der Waals surface area (Å²) < 4.78 is 29.1. The van der Waals surface area contributed by atoms with Crippen molar-refractivity contribution < 1.29 is 18.6 Å². The molecule has 0 spiro atoms. The van der Waals surface area contributed by atoms with E-state index in [0.717, 1.165) is 54.0 Å². The zero-order valence-corrected chi connectivity index (χ0v) is 20.3. The molecule has 1 aliphatic heterocycles. The minimum Gasteiger partial charge on any atom is -0.493 e. The van der Waals surface area contributed by atoms with Gasteiger partial charge in [-0.3, -0.25) is 9.88 Å². The average Bonchev–Trinajstić information content (AvgIpc) is 2.88. The number of hydrogen-bond donors (Lipinski definition) is 0. The third-order valence-corrected chi connectivity index (χ3v) is 6.51. The number of nitrogens with zero attached hydrogens (tertiary/aromatic N) is 3. The number of halogens is 1. The fourth-order valence-corrected chi connectivity index (χ4v) is 4.54. The van der Waals surface area contributed by atoms with Crippen molar-refractivity contribution in [2.75, 3.05) is 65.6 Å². The summed E-state index contributed by atoms with van der Waals surface area (Å²) in [6, 6.07) is 12.5. The molecule has 34 heavy (non-hydrogen) atoms. The number of benzene rings is 2. The van der Waals surface area contributed by atoms with Crippen molar-refractivity contribution in [2.24, 2.45) is 0 Å². The lowest BCUT2D eigenvalue weighted by atomic mass is 9.95. The van der Waals surface area contributed by atoms with Gasteiger partial charge in [-0.2, -0.15) is 0 Å². The highest BCUT2D eigenvalue weighted by Crippen LogP contribution is 2.42. The normalized spacial score (nSPS) is 14.2. The Morgan fingerprint density at radius 3 is 1.94 bits per heavy atom. The predicted molar refractivity (Wildman–Crippen MR) is 134 cm³/mol. The van der Waals surface area contributed by atoms with E-state index >= 15 is 0 Å². The Hall–Kier alpha value is -3.32. The first kappa shape index (κ1) is 23.8. The average molecular weight is 466 g/mol. The number of alkyl halides is 1. The third-order valence-electron chi connectivity index (χ3n) is 6.51. The Morgan fingerprint density at radius 2 is 1.41 bits per heavy atom. The van der Waals surface area contributed by atoms with E-state index in [-0.39, 0.29) is 6.67 Å². The standard InChI is InChI=1S/C27H32FN3O3/c1-19-23(20-5-7-22(8-6-20)31-13-11-30(10-9-28)12-14-31)17-29-18-24(19)21-15-25(32-2)27(34-4)26(16-21)33-3/h5-8,15-18H,9-14H2,1-4H3. The Balaban J connectivity index is 1.61. The maximum Gasteiger partial charge on any atom is 0.203 e. The highest BCUT2D eigenvalue weighted by molar-refractivity contribution is 5.80. The lowest BCUT2D eigenvalue weighted by Gasteiger charge is -2.35. The number of rotatable bonds is 8. The quantitative estimate of drug-likeness (QED) is 0.474. The lowest BCUT2D eigenvalue weighted by Crippen LogP contribution is -2.47. The van der Waals surface area contributed by atoms with Crippen LogP contribution in [0, 0.1) is 6.92 Å². The van der Waals surface area contributed by atoms with Crippen LogP contribution >= 0.6 is 0 Å². The smallest absolute Gasteiger partial charge is 0.203 e. The molecular weight excluding hydrogens is 433 g/mol. The maximum absolute atomic E-state index is 12.6. The number of anilines is 1. The van der Waals surface area contributed by atoms with Crippen LogP contribution in [0.25, 0.3) is 22.3 Å². The molecule has 4 rings (SSSR count). The topological polar surface area (TPSA) is 47.1 Å². The largest absolute Gasteiger partial charge is 0.493 e. The predicted octanol–water partition coefficient (Wildman–Crippen LogP) is 4.84. The number of pyridine rings is 1. The molecule has 0 amide bonds. The van der Waals surface area contributed by atoms with Gasteiger partial charge < -0.3 is 19.1 Å². The van der Waals surface area contributed by atoms with E-state index in [4.69, 9.17) is 14.2 Å². The van der Waals surface area contributed by atoms with Gasteiger partial charge in [0.05, 0.1) is 21.3 Å². The van der Waals surface area contributed by atoms with E-state index in [0.29, 0.717) is 23.8 Å². The molecule has 1 aliphatic rings. The van der Waals surface area contributed by atoms with Gasteiger partial charge in [-0.25, -0.2) is 4.39 Å². The summed E-state index contributed by atoms with van der Waals surface area (Å²) in [6.07, 6.45) is 3.77. The molecule has 0 aliphatic carbocycles. The van der Waals surface area contributed by atoms with E-state index < -0.39 is 0 Å². The maximum atomic E-state index is 12.6. The minimum absolute atomic E-state index is 0.281. The minimum atomic E-state index is -0.281. The van der Waals surface area contributed by atoms with Crippen molar-refractivity contribution in [1.82, 2.24) is 9.88 Å². The van der Waals surface area contributed by atoms with Gasteiger partial charge in [0.2, 0.25) is 5.75 Å². The molecule has 0 N–H and O–H groups in total. The fraction of sp³-hybridized carbons (Fsp3) is 0.370. The second-order valence-corrected chi connectivity index (χ2v) is 8.34. The molecule has 1 aromatic heterocycles. The summed E-state index contributed by atoms with van der Waals surface area (Å²) in [7, 11) is 4.83. The summed E-state index contributed by atoms with van der Waals surface area (Å²) in [4.78, 5) is 9.06. The first-order valence-electron chi connectivity index (χ1n) is 11.5. The molecule has 7 heteroatoms. The Kier molecular flexibility index (Phi) is 7.53. The van der Waals surface area contributed by atoms with Gasteiger partial charge in [0.1, 0.15) is 6.67 Å². The lowest BCUT2D eigenvalue weighted by molar-refractivity contribution is 0.235. The van der Waals surface area contributed by atoms with Crippen molar-refractivity contribution >= 4 is 5.69 Å². The van der Waals surface area contributed by atoms with Crippen LogP contribution in [0.2, 0.25) is 0 Å². The van der Waals surface area contributed by atoms with Crippen molar-refractivity contribution in [3.8, 4) is 39.5 Å². The molecule has 1 fully saturated rings. The molecule has 0 saturated carbocycles. The molecule has 2 aromatic carbocycles. The summed E-state index contributed by atoms with van der Waals surface area (Å²) in [6.45, 7) is 5.97. The zero-order chi connectivity index (χ0) is 24.1. The first-order valence-corrected chi connectivity index (χ1v) is 11.5. The van der Waals surface area contributed by atoms with Crippen LogP contribution in [0.4, 0.5) is 10.1 Å². The van der Waals surface area contributed by atoms with Crippen LogP contribution in [0.5, 0.6) is 17.2 Å². The molecule has 2 heterocycles. The molecule has 0 unspecified atom stereocenters. The first-order chi connectivity index (χ1) is 16.6. The summed E-state index contributed by atoms with van der Waals surface area (Å²) in [5.74, 6) is 1.78. The van der Waals surface area contributed by atoms with Gasteiger partial charge in [0, 0.05) is 61.9 Å². The van der Waals surface area contributed by atoms with Gasteiger partial charge >= 0.3 is 0 Å². The number of hydrogen-bond acceptors (Lipinski definition) is 6. The molecule has 180 valence electrons. The van der Waals surface area contributed by atoms with Gasteiger partial charge in [0.25, 0.3) is 0 Å². The van der Waals surface area contributed by atoms with Crippen molar-refractivity contribution in [1.29, 1.82) is 0 Å². The van der Waals surface area contributed by atoms with Gasteiger partial charge in [-0.05, 0) is 47.9 Å². The number of piperazine rings is 1. The van der Waals surface area contributed by atoms with E-state index in [9.17, 15) is 4.39 Å². The molecule has 0 radical (unpaired) electrons. The summed E-state index contributed by atoms with van der Waals surface area (Å²) in [5.41, 5.74) is 6.45. The van der Waals surface area contributed by atoms with Gasteiger partial charge in [0.15, 0.2) is 11.5 Å². The fourth-order valence-electron chi connectivity index (χ4n) is 4.54. The molecule has 3 aromatic rings. The molecule has 6 nitrogen and oxygen atoms in total. The highest BCUT2D eigenvalue weighted by Gasteiger charge is 2.18. The van der Waals surface area contributed by atoms with Gasteiger partial charge in [-0.1, -0.05) is 12.1 Å². The van der Waals surface area contributed by atoms with Crippen LogP contribution in [0.15, 0.2) is 48.8 Å². The SMILES string of the molecule is COc1cc(-c2cncc(-c3ccc(N4CCN(CCF)CC4)cc3)c2C)cc(OC)c1OC. The van der Waals surface area contributed by atoms with Gasteiger partial charge in [-0.15, -0.1) is 0 Å². The van der Waals surface area contributed by atoms with E-state index in [1.54, 1.807) is 21.3 Å². The van der Waals surface area contributed by atoms with Crippen LogP contribution in [0.3, 0.4) is 0 Å². The Labute approximate surface area is 200 Å². The van der Waals surface area contributed by atoms with Crippen molar-refractivity contribution in [3.05, 3.63) is 54.4 Å². The van der Waals surface area contributed by atoms with Crippen LogP contribution in [-0.2, 0) is 0 Å². The third kappa shape index (κ3) is 4.80. The van der Waals surface area contributed by atoms with E-state index in [1.807, 2.05) is 24.5 Å². The number of aromatic nitrogens is 1. The Bertz CT molecular complexity index is 1090. The highest BCUT2D eigenvalue weighted by atomic mass is 19.1. The summed E-state index contributed by atoms with van der Waals surface area (Å²) in [5, 5.41) is 0. The molecule has 0 atom stereocenters. The van der Waals surface area contributed by atoms with Crippen LogP contribution < -0.4 is 19.1 Å². The summed E-state index contributed by atoms with van der Waals surface area (Å²) >= 11 is 0. The second kappa shape index (κ2) is 10.7. The van der Waals surface area contributed by atoms with E-state index in [1.165, 1.54) is 5.69 Å². The van der Waals surface area contributed by atoms with Crippen molar-refractivity contribution in [3.63, 3.8) is 0 Å². The molecule has 1 saturated heterocycles. The van der Waals surface area contributed by atoms with Crippen molar-refractivity contribution in [2.45, 2.75) is 6.92 Å². The number of ether oxygens (including phenoxy) is 3. The van der Waals surface area contributed by atoms with E-state index in [2.05, 4.69) is 46.0 Å². The monoisotopic (exact) mass is 465 g/mol. The molecular formula is C27H32FN3O3. The molecule has 0 bridgehead atoms. The van der Waals surface area contributed by atoms with Crippen LogP contribution in [-0.4, -0.2) is 70.6 Å². The Morgan fingerprint density at radius 1 is 0.824 bits per heavy atom. The second-order valence-electron chi connectivity index (χ2n) is 8.34. The van der Waals surface area contributed by atoms with Crippen LogP contribution in [0.1, 0.15) is 5.56 Å².